The highest BCUT2D eigenvalue weighted by molar-refractivity contribution is 7.87. The van der Waals surface area contributed by atoms with E-state index < -0.39 is 15.9 Å². The fourth-order valence-corrected chi connectivity index (χ4v) is 2.79. The molecule has 0 amide bonds. The van der Waals surface area contributed by atoms with Gasteiger partial charge in [-0.3, -0.25) is 0 Å². The Morgan fingerprint density at radius 2 is 1.58 bits per heavy atom. The van der Waals surface area contributed by atoms with Gasteiger partial charge in [0.05, 0.1) is 0 Å². The van der Waals surface area contributed by atoms with Gasteiger partial charge < -0.3 is 4.18 Å². The molecule has 0 fully saturated rings. The van der Waals surface area contributed by atoms with E-state index in [-0.39, 0.29) is 10.6 Å². The molecule has 0 atom stereocenters. The van der Waals surface area contributed by atoms with Gasteiger partial charge in [-0.2, -0.15) is 8.42 Å². The standard InChI is InChI=1S/C14H13FO3S/c1-10-5-3-6-11(2)14(10)18-19(16,17)13-8-4-7-12(15)9-13/h3-9H,1-2H3. The zero-order valence-corrected chi connectivity index (χ0v) is 11.4. The van der Waals surface area contributed by atoms with Crippen LogP contribution in [0.5, 0.6) is 5.75 Å². The lowest BCUT2D eigenvalue weighted by molar-refractivity contribution is 0.481. The van der Waals surface area contributed by atoms with Gasteiger partial charge in [0.15, 0.2) is 0 Å². The fraction of sp³-hybridized carbons (Fsp3) is 0.143. The van der Waals surface area contributed by atoms with Crippen LogP contribution >= 0.6 is 0 Å². The Morgan fingerprint density at radius 1 is 1.00 bits per heavy atom. The van der Waals surface area contributed by atoms with Crippen LogP contribution in [0.15, 0.2) is 47.4 Å². The summed E-state index contributed by atoms with van der Waals surface area (Å²) >= 11 is 0. The smallest absolute Gasteiger partial charge is 0.339 e. The molecule has 100 valence electrons. The van der Waals surface area contributed by atoms with Gasteiger partial charge in [-0.05, 0) is 43.2 Å². The third-order valence-electron chi connectivity index (χ3n) is 2.69. The number of hydrogen-bond acceptors (Lipinski definition) is 3. The number of rotatable bonds is 3. The van der Waals surface area contributed by atoms with Crippen molar-refractivity contribution in [2.75, 3.05) is 0 Å². The summed E-state index contributed by atoms with van der Waals surface area (Å²) in [5.74, 6) is -0.335. The summed E-state index contributed by atoms with van der Waals surface area (Å²) in [6, 6.07) is 10.1. The van der Waals surface area contributed by atoms with Gasteiger partial charge in [0.2, 0.25) is 0 Å². The first kappa shape index (κ1) is 13.5. The number of benzene rings is 2. The van der Waals surface area contributed by atoms with Crippen LogP contribution in [-0.2, 0) is 10.1 Å². The van der Waals surface area contributed by atoms with Crippen molar-refractivity contribution in [3.63, 3.8) is 0 Å². The maximum absolute atomic E-state index is 13.1. The monoisotopic (exact) mass is 280 g/mol. The minimum Gasteiger partial charge on any atom is -0.378 e. The van der Waals surface area contributed by atoms with Crippen molar-refractivity contribution >= 4 is 10.1 Å². The highest BCUT2D eigenvalue weighted by Gasteiger charge is 2.19. The average Bonchev–Trinajstić information content (AvgIpc) is 2.34. The Morgan fingerprint density at radius 3 is 2.16 bits per heavy atom. The molecule has 19 heavy (non-hydrogen) atoms. The predicted molar refractivity (Wildman–Crippen MR) is 70.1 cm³/mol. The van der Waals surface area contributed by atoms with Crippen LogP contribution in [0.2, 0.25) is 0 Å². The summed E-state index contributed by atoms with van der Waals surface area (Å²) in [4.78, 5) is -0.199. The van der Waals surface area contributed by atoms with Crippen molar-refractivity contribution < 1.29 is 17.0 Å². The highest BCUT2D eigenvalue weighted by atomic mass is 32.2. The van der Waals surface area contributed by atoms with Crippen molar-refractivity contribution in [3.05, 3.63) is 59.4 Å². The second-order valence-electron chi connectivity index (χ2n) is 4.22. The lowest BCUT2D eigenvalue weighted by Crippen LogP contribution is -2.11. The van der Waals surface area contributed by atoms with Crippen molar-refractivity contribution in [2.45, 2.75) is 18.7 Å². The zero-order chi connectivity index (χ0) is 14.0. The quantitative estimate of drug-likeness (QED) is 0.811. The summed E-state index contributed by atoms with van der Waals surface area (Å²) < 4.78 is 42.3. The molecule has 0 bridgehead atoms. The van der Waals surface area contributed by atoms with Crippen molar-refractivity contribution in [1.29, 1.82) is 0 Å². The van der Waals surface area contributed by atoms with E-state index in [0.717, 1.165) is 6.07 Å². The van der Waals surface area contributed by atoms with E-state index in [1.807, 2.05) is 6.07 Å². The molecule has 0 heterocycles. The van der Waals surface area contributed by atoms with Crippen LogP contribution in [0.3, 0.4) is 0 Å². The number of para-hydroxylation sites is 1. The normalized spacial score (nSPS) is 11.3. The molecule has 0 saturated heterocycles. The Bertz CT molecular complexity index is 688. The van der Waals surface area contributed by atoms with Crippen LogP contribution in [0.4, 0.5) is 4.39 Å². The Labute approximate surface area is 111 Å². The van der Waals surface area contributed by atoms with Crippen LogP contribution in [-0.4, -0.2) is 8.42 Å². The Kier molecular flexibility index (Phi) is 3.57. The molecule has 0 aliphatic rings. The summed E-state index contributed by atoms with van der Waals surface area (Å²) in [7, 11) is -4.02. The van der Waals surface area contributed by atoms with E-state index in [1.54, 1.807) is 26.0 Å². The lowest BCUT2D eigenvalue weighted by atomic mass is 10.1. The lowest BCUT2D eigenvalue weighted by Gasteiger charge is -2.11. The molecule has 0 N–H and O–H groups in total. The van der Waals surface area contributed by atoms with Crippen LogP contribution < -0.4 is 4.18 Å². The van der Waals surface area contributed by atoms with Crippen LogP contribution in [0, 0.1) is 19.7 Å². The van der Waals surface area contributed by atoms with Crippen molar-refractivity contribution in [3.8, 4) is 5.75 Å². The molecule has 0 spiro atoms. The molecule has 0 aliphatic heterocycles. The zero-order valence-electron chi connectivity index (χ0n) is 10.6. The number of aryl methyl sites for hydroxylation is 2. The van der Waals surface area contributed by atoms with Gasteiger partial charge in [-0.1, -0.05) is 24.3 Å². The van der Waals surface area contributed by atoms with Crippen molar-refractivity contribution in [1.82, 2.24) is 0 Å². The first-order valence-electron chi connectivity index (χ1n) is 5.66. The fourth-order valence-electron chi connectivity index (χ4n) is 1.71. The molecular formula is C14H13FO3S. The molecule has 0 aliphatic carbocycles. The van der Waals surface area contributed by atoms with Gasteiger partial charge in [0.1, 0.15) is 16.5 Å². The maximum atomic E-state index is 13.1. The molecule has 2 rings (SSSR count). The van der Waals surface area contributed by atoms with Crippen molar-refractivity contribution in [2.24, 2.45) is 0 Å². The minimum absolute atomic E-state index is 0.199. The van der Waals surface area contributed by atoms with Crippen LogP contribution in [0.25, 0.3) is 0 Å². The molecular weight excluding hydrogens is 267 g/mol. The topological polar surface area (TPSA) is 43.4 Å². The second-order valence-corrected chi connectivity index (χ2v) is 5.76. The number of halogens is 1. The minimum atomic E-state index is -4.02. The highest BCUT2D eigenvalue weighted by Crippen LogP contribution is 2.26. The van der Waals surface area contributed by atoms with Gasteiger partial charge >= 0.3 is 10.1 Å². The molecule has 2 aromatic carbocycles. The second kappa shape index (κ2) is 5.01. The van der Waals surface area contributed by atoms with Gasteiger partial charge in [0.25, 0.3) is 0 Å². The summed E-state index contributed by atoms with van der Waals surface area (Å²) in [6.07, 6.45) is 0. The molecule has 0 saturated carbocycles. The van der Waals surface area contributed by atoms with Crippen LogP contribution in [0.1, 0.15) is 11.1 Å². The van der Waals surface area contributed by atoms with E-state index in [9.17, 15) is 12.8 Å². The SMILES string of the molecule is Cc1cccc(C)c1OS(=O)(=O)c1cccc(F)c1. The average molecular weight is 280 g/mol. The summed E-state index contributed by atoms with van der Waals surface area (Å²) in [5, 5.41) is 0. The molecule has 0 radical (unpaired) electrons. The maximum Gasteiger partial charge on any atom is 0.339 e. The molecule has 5 heteroatoms. The first-order valence-corrected chi connectivity index (χ1v) is 7.07. The Hall–Kier alpha value is -1.88. The summed E-state index contributed by atoms with van der Waals surface area (Å²) in [6.45, 7) is 3.51. The third-order valence-corrected chi connectivity index (χ3v) is 3.90. The van der Waals surface area contributed by atoms with E-state index in [2.05, 4.69) is 0 Å². The Balaban J connectivity index is 2.42. The molecule has 2 aromatic rings. The van der Waals surface area contributed by atoms with E-state index in [1.165, 1.54) is 18.2 Å². The first-order chi connectivity index (χ1) is 8.90. The van der Waals surface area contributed by atoms with E-state index in [4.69, 9.17) is 4.18 Å². The van der Waals surface area contributed by atoms with E-state index in [0.29, 0.717) is 11.1 Å². The van der Waals surface area contributed by atoms with Gasteiger partial charge in [-0.25, -0.2) is 4.39 Å². The third kappa shape index (κ3) is 2.93. The number of hydrogen-bond donors (Lipinski definition) is 0. The van der Waals surface area contributed by atoms with Gasteiger partial charge in [-0.15, -0.1) is 0 Å². The molecule has 0 unspecified atom stereocenters. The largest absolute Gasteiger partial charge is 0.378 e. The summed E-state index contributed by atoms with van der Waals surface area (Å²) in [5.41, 5.74) is 1.42. The van der Waals surface area contributed by atoms with Gasteiger partial charge in [0, 0.05) is 0 Å². The van der Waals surface area contributed by atoms with E-state index >= 15 is 0 Å². The molecule has 3 nitrogen and oxygen atoms in total. The predicted octanol–water partition coefficient (Wildman–Crippen LogP) is 3.21. The molecule has 0 aromatic heterocycles.